The first-order valence-electron chi connectivity index (χ1n) is 8.91. The van der Waals surface area contributed by atoms with Crippen molar-refractivity contribution in [2.75, 3.05) is 13.7 Å². The van der Waals surface area contributed by atoms with E-state index in [0.29, 0.717) is 36.9 Å². The summed E-state index contributed by atoms with van der Waals surface area (Å²) < 4.78 is 8.92. The number of hydrogen-bond donors (Lipinski definition) is 1. The molecule has 0 bridgehead atoms. The van der Waals surface area contributed by atoms with Gasteiger partial charge in [0, 0.05) is 45.0 Å². The Kier molecular flexibility index (Phi) is 5.11. The molecule has 0 saturated carbocycles. The highest BCUT2D eigenvalue weighted by Crippen LogP contribution is 2.21. The minimum Gasteiger partial charge on any atom is -0.383 e. The Morgan fingerprint density at radius 3 is 3.00 bits per heavy atom. The molecule has 28 heavy (non-hydrogen) atoms. The first-order chi connectivity index (χ1) is 13.8. The average molecular weight is 376 g/mol. The van der Waals surface area contributed by atoms with E-state index in [0.717, 1.165) is 11.1 Å². The molecule has 142 valence electrons. The van der Waals surface area contributed by atoms with E-state index in [4.69, 9.17) is 4.74 Å². The van der Waals surface area contributed by atoms with Crippen molar-refractivity contribution in [2.24, 2.45) is 0 Å². The number of fused-ring (bicyclic) bond motifs is 1. The van der Waals surface area contributed by atoms with Crippen LogP contribution in [0.15, 0.2) is 61.4 Å². The topological polar surface area (TPSA) is 86.3 Å². The number of nitrogens with zero attached hydrogens (tertiary/aromatic N) is 5. The molecule has 0 unspecified atom stereocenters. The third-order valence-electron chi connectivity index (χ3n) is 4.36. The molecule has 0 radical (unpaired) electrons. The second-order valence-electron chi connectivity index (χ2n) is 6.27. The maximum Gasteiger partial charge on any atom is 0.272 e. The molecule has 0 atom stereocenters. The minimum absolute atomic E-state index is 0.238. The zero-order valence-electron chi connectivity index (χ0n) is 15.4. The van der Waals surface area contributed by atoms with Crippen LogP contribution in [0.4, 0.5) is 0 Å². The maximum absolute atomic E-state index is 12.8. The van der Waals surface area contributed by atoms with Crippen LogP contribution < -0.4 is 5.32 Å². The average Bonchev–Trinajstić information content (AvgIpc) is 3.36. The quantitative estimate of drug-likeness (QED) is 0.534. The van der Waals surface area contributed by atoms with Crippen molar-refractivity contribution in [1.29, 1.82) is 0 Å². The normalized spacial score (nSPS) is 11.0. The van der Waals surface area contributed by atoms with Gasteiger partial charge in [0.25, 0.3) is 5.91 Å². The monoisotopic (exact) mass is 376 g/mol. The summed E-state index contributed by atoms with van der Waals surface area (Å²) in [4.78, 5) is 25.9. The summed E-state index contributed by atoms with van der Waals surface area (Å²) in [7, 11) is 1.66. The third-order valence-corrected chi connectivity index (χ3v) is 4.36. The lowest BCUT2D eigenvalue weighted by Gasteiger charge is -2.03. The summed E-state index contributed by atoms with van der Waals surface area (Å²) in [6.07, 6.45) is 8.94. The molecular formula is C20H20N6O2. The summed E-state index contributed by atoms with van der Waals surface area (Å²) in [5.41, 5.74) is 2.72. The number of carbonyl (C=O) groups excluding carboxylic acids is 1. The van der Waals surface area contributed by atoms with Gasteiger partial charge in [0.1, 0.15) is 5.69 Å². The van der Waals surface area contributed by atoms with Crippen LogP contribution in [0, 0.1) is 0 Å². The number of ether oxygens (including phenoxy) is 1. The number of carbonyl (C=O) groups is 1. The van der Waals surface area contributed by atoms with Gasteiger partial charge in [0.2, 0.25) is 0 Å². The number of amides is 1. The van der Waals surface area contributed by atoms with E-state index >= 15 is 0 Å². The second kappa shape index (κ2) is 8.01. The van der Waals surface area contributed by atoms with Gasteiger partial charge in [0.05, 0.1) is 18.5 Å². The van der Waals surface area contributed by atoms with Crippen molar-refractivity contribution in [3.8, 4) is 11.5 Å². The van der Waals surface area contributed by atoms with Gasteiger partial charge in [-0.2, -0.15) is 0 Å². The third kappa shape index (κ3) is 3.63. The predicted octanol–water partition coefficient (Wildman–Crippen LogP) is 2.17. The molecule has 1 amide bonds. The van der Waals surface area contributed by atoms with Crippen LogP contribution in [-0.2, 0) is 17.8 Å². The molecule has 0 spiro atoms. The van der Waals surface area contributed by atoms with Crippen molar-refractivity contribution < 1.29 is 9.53 Å². The SMILES string of the molecule is COCCn1cnc(-c2nc(C(=O)NCc3cccnc3)c3ccccn23)c1. The fourth-order valence-electron chi connectivity index (χ4n) is 2.95. The molecule has 0 aromatic carbocycles. The molecule has 4 heterocycles. The molecule has 8 nitrogen and oxygen atoms in total. The highest BCUT2D eigenvalue weighted by atomic mass is 16.5. The number of nitrogens with one attached hydrogen (secondary N) is 1. The minimum atomic E-state index is -0.238. The molecule has 0 saturated heterocycles. The van der Waals surface area contributed by atoms with Crippen LogP contribution in [0.5, 0.6) is 0 Å². The van der Waals surface area contributed by atoms with Crippen molar-refractivity contribution in [1.82, 2.24) is 29.2 Å². The van der Waals surface area contributed by atoms with Crippen molar-refractivity contribution in [2.45, 2.75) is 13.1 Å². The number of methoxy groups -OCH3 is 1. The van der Waals surface area contributed by atoms with Crippen LogP contribution in [-0.4, -0.2) is 43.5 Å². The molecule has 1 N–H and O–H groups in total. The van der Waals surface area contributed by atoms with Gasteiger partial charge < -0.3 is 14.6 Å². The van der Waals surface area contributed by atoms with Gasteiger partial charge in [-0.05, 0) is 23.8 Å². The van der Waals surface area contributed by atoms with Crippen LogP contribution >= 0.6 is 0 Å². The van der Waals surface area contributed by atoms with Crippen LogP contribution in [0.1, 0.15) is 16.1 Å². The molecule has 0 aliphatic carbocycles. The van der Waals surface area contributed by atoms with Gasteiger partial charge in [-0.3, -0.25) is 14.2 Å². The molecule has 0 fully saturated rings. The zero-order chi connectivity index (χ0) is 19.3. The predicted molar refractivity (Wildman–Crippen MR) is 104 cm³/mol. The van der Waals surface area contributed by atoms with Crippen molar-refractivity contribution in [3.05, 3.63) is 72.7 Å². The first-order valence-corrected chi connectivity index (χ1v) is 8.91. The molecule has 0 aliphatic heterocycles. The van der Waals surface area contributed by atoms with Crippen LogP contribution in [0.25, 0.3) is 17.0 Å². The smallest absolute Gasteiger partial charge is 0.272 e. The molecule has 4 rings (SSSR count). The number of pyridine rings is 2. The molecular weight excluding hydrogens is 356 g/mol. The summed E-state index contributed by atoms with van der Waals surface area (Å²) in [6.45, 7) is 1.69. The highest BCUT2D eigenvalue weighted by molar-refractivity contribution is 5.99. The standard InChI is InChI=1S/C20H20N6O2/c1-28-10-9-25-13-16(23-14-25)19-24-18(17-6-2-3-8-26(17)19)20(27)22-12-15-5-4-7-21-11-15/h2-8,11,13-14H,9-10,12H2,1H3,(H,22,27). The van der Waals surface area contributed by atoms with Gasteiger partial charge in [-0.1, -0.05) is 12.1 Å². The fraction of sp³-hybridized carbons (Fsp3) is 0.200. The fourth-order valence-corrected chi connectivity index (χ4v) is 2.95. The molecule has 4 aromatic heterocycles. The summed E-state index contributed by atoms with van der Waals surface area (Å²) in [5, 5.41) is 2.91. The van der Waals surface area contributed by atoms with E-state index in [1.165, 1.54) is 0 Å². The lowest BCUT2D eigenvalue weighted by atomic mass is 10.2. The van der Waals surface area contributed by atoms with E-state index in [-0.39, 0.29) is 5.91 Å². The van der Waals surface area contributed by atoms with Crippen molar-refractivity contribution in [3.63, 3.8) is 0 Å². The molecule has 0 aliphatic rings. The Morgan fingerprint density at radius 2 is 2.18 bits per heavy atom. The van der Waals surface area contributed by atoms with E-state index in [9.17, 15) is 4.79 Å². The molecule has 4 aromatic rings. The molecule has 8 heteroatoms. The summed E-state index contributed by atoms with van der Waals surface area (Å²) >= 11 is 0. The number of imidazole rings is 2. The Labute approximate surface area is 161 Å². The summed E-state index contributed by atoms with van der Waals surface area (Å²) in [6, 6.07) is 9.41. The Morgan fingerprint density at radius 1 is 1.25 bits per heavy atom. The number of hydrogen-bond acceptors (Lipinski definition) is 5. The Balaban J connectivity index is 1.62. The lowest BCUT2D eigenvalue weighted by Crippen LogP contribution is -2.23. The number of aromatic nitrogens is 5. The van der Waals surface area contributed by atoms with Crippen LogP contribution in [0.3, 0.4) is 0 Å². The summed E-state index contributed by atoms with van der Waals surface area (Å²) in [5.74, 6) is 0.385. The van der Waals surface area contributed by atoms with E-state index < -0.39 is 0 Å². The van der Waals surface area contributed by atoms with Crippen LogP contribution in [0.2, 0.25) is 0 Å². The highest BCUT2D eigenvalue weighted by Gasteiger charge is 2.19. The maximum atomic E-state index is 12.8. The van der Waals surface area contributed by atoms with Gasteiger partial charge in [-0.25, -0.2) is 9.97 Å². The van der Waals surface area contributed by atoms with Gasteiger partial charge in [0.15, 0.2) is 11.5 Å². The lowest BCUT2D eigenvalue weighted by molar-refractivity contribution is 0.0948. The number of rotatable bonds is 7. The van der Waals surface area contributed by atoms with E-state index in [1.807, 2.05) is 51.7 Å². The van der Waals surface area contributed by atoms with Crippen molar-refractivity contribution >= 4 is 11.4 Å². The zero-order valence-corrected chi connectivity index (χ0v) is 15.4. The second-order valence-corrected chi connectivity index (χ2v) is 6.27. The van der Waals surface area contributed by atoms with E-state index in [2.05, 4.69) is 20.3 Å². The van der Waals surface area contributed by atoms with E-state index in [1.54, 1.807) is 25.8 Å². The largest absolute Gasteiger partial charge is 0.383 e. The van der Waals surface area contributed by atoms with Gasteiger partial charge >= 0.3 is 0 Å². The van der Waals surface area contributed by atoms with Gasteiger partial charge in [-0.15, -0.1) is 0 Å². The Bertz CT molecular complexity index is 1090. The first kappa shape index (κ1) is 17.9. The Hall–Kier alpha value is -3.52.